The summed E-state index contributed by atoms with van der Waals surface area (Å²) < 4.78 is 4.09. The van der Waals surface area contributed by atoms with Gasteiger partial charge in [-0.3, -0.25) is 9.39 Å². The molecular formula is C21H32IN9. The molecule has 9 nitrogen and oxygen atoms in total. The molecule has 1 atom stereocenters. The topological polar surface area (TPSA) is 97.3 Å². The molecule has 3 aromatic rings. The van der Waals surface area contributed by atoms with Crippen LogP contribution in [0.4, 0.5) is 0 Å². The molecule has 1 unspecified atom stereocenters. The molecular weight excluding hydrogens is 505 g/mol. The molecule has 168 valence electrons. The zero-order valence-electron chi connectivity index (χ0n) is 18.5. The maximum atomic E-state index is 4.77. The van der Waals surface area contributed by atoms with E-state index in [0.29, 0.717) is 12.0 Å². The SMILES string of the molecule is CCNC(=NCCCc1nnc2ccccn12)NC1CCc2nc(C(C)C)nn2C1.I. The van der Waals surface area contributed by atoms with Gasteiger partial charge in [-0.05, 0) is 31.9 Å². The van der Waals surface area contributed by atoms with Crippen LogP contribution in [0, 0.1) is 0 Å². The lowest BCUT2D eigenvalue weighted by Gasteiger charge is -2.25. The number of guanidine groups is 1. The number of hydrogen-bond acceptors (Lipinski definition) is 5. The first-order valence-electron chi connectivity index (χ1n) is 10.9. The van der Waals surface area contributed by atoms with Gasteiger partial charge in [0.05, 0.1) is 6.54 Å². The summed E-state index contributed by atoms with van der Waals surface area (Å²) in [6.45, 7) is 8.75. The Hall–Kier alpha value is -2.24. The fraction of sp³-hybridized carbons (Fsp3) is 0.571. The highest BCUT2D eigenvalue weighted by molar-refractivity contribution is 14.0. The molecule has 1 aliphatic heterocycles. The van der Waals surface area contributed by atoms with E-state index < -0.39 is 0 Å². The standard InChI is InChI=1S/C21H31N9.HI/c1-4-22-21(23-12-7-9-19-27-26-18-8-5-6-13-29(18)19)24-16-10-11-17-25-20(15(2)3)28-30(17)14-16;/h5-6,8,13,15-16H,4,7,9-12,14H2,1-3H3,(H2,22,23,24);1H. The normalized spacial score (nSPS) is 16.3. The molecule has 0 saturated carbocycles. The molecule has 3 aromatic heterocycles. The molecule has 4 heterocycles. The number of pyridine rings is 1. The van der Waals surface area contributed by atoms with E-state index in [1.807, 2.05) is 28.8 Å². The lowest BCUT2D eigenvalue weighted by Crippen LogP contribution is -2.47. The third kappa shape index (κ3) is 5.72. The zero-order valence-corrected chi connectivity index (χ0v) is 20.8. The number of aromatic nitrogens is 6. The van der Waals surface area contributed by atoms with Crippen molar-refractivity contribution in [2.75, 3.05) is 13.1 Å². The van der Waals surface area contributed by atoms with Crippen LogP contribution in [0.3, 0.4) is 0 Å². The van der Waals surface area contributed by atoms with E-state index in [1.165, 1.54) is 0 Å². The van der Waals surface area contributed by atoms with Crippen molar-refractivity contribution in [1.29, 1.82) is 0 Å². The molecule has 0 radical (unpaired) electrons. The predicted octanol–water partition coefficient (Wildman–Crippen LogP) is 2.56. The average molecular weight is 537 g/mol. The Bertz CT molecular complexity index is 1010. The maximum absolute atomic E-state index is 4.77. The van der Waals surface area contributed by atoms with Crippen LogP contribution in [0.2, 0.25) is 0 Å². The summed E-state index contributed by atoms with van der Waals surface area (Å²) >= 11 is 0. The van der Waals surface area contributed by atoms with Gasteiger partial charge >= 0.3 is 0 Å². The summed E-state index contributed by atoms with van der Waals surface area (Å²) in [4.78, 5) is 9.44. The highest BCUT2D eigenvalue weighted by atomic mass is 127. The molecule has 0 aliphatic carbocycles. The molecule has 0 fully saturated rings. The monoisotopic (exact) mass is 537 g/mol. The van der Waals surface area contributed by atoms with E-state index in [9.17, 15) is 0 Å². The highest BCUT2D eigenvalue weighted by Crippen LogP contribution is 2.17. The first kappa shape index (κ1) is 23.4. The molecule has 1 aliphatic rings. The third-order valence-electron chi connectivity index (χ3n) is 5.29. The molecule has 0 saturated heterocycles. The number of hydrogen-bond donors (Lipinski definition) is 2. The largest absolute Gasteiger partial charge is 0.357 e. The molecule has 0 amide bonds. The third-order valence-corrected chi connectivity index (χ3v) is 5.29. The number of aryl methyl sites for hydroxylation is 2. The van der Waals surface area contributed by atoms with E-state index >= 15 is 0 Å². The van der Waals surface area contributed by atoms with Gasteiger partial charge in [-0.1, -0.05) is 19.9 Å². The Balaban J connectivity index is 0.00000272. The summed E-state index contributed by atoms with van der Waals surface area (Å²) in [6, 6.07) is 6.25. The zero-order chi connectivity index (χ0) is 20.9. The average Bonchev–Trinajstić information content (AvgIpc) is 3.35. The quantitative estimate of drug-likeness (QED) is 0.208. The molecule has 0 aromatic carbocycles. The van der Waals surface area contributed by atoms with Crippen LogP contribution in [0.15, 0.2) is 29.4 Å². The van der Waals surface area contributed by atoms with Crippen LogP contribution in [0.5, 0.6) is 0 Å². The van der Waals surface area contributed by atoms with E-state index in [-0.39, 0.29) is 24.0 Å². The summed E-state index contributed by atoms with van der Waals surface area (Å²) in [5.41, 5.74) is 0.886. The Morgan fingerprint density at radius 1 is 1.29 bits per heavy atom. The van der Waals surface area contributed by atoms with Crippen molar-refractivity contribution in [1.82, 2.24) is 40.0 Å². The Kier molecular flexibility index (Phi) is 8.22. The van der Waals surface area contributed by atoms with Gasteiger partial charge in [0.25, 0.3) is 0 Å². The number of aliphatic imine (C=N–C) groups is 1. The number of nitrogens with zero attached hydrogens (tertiary/aromatic N) is 7. The number of fused-ring (bicyclic) bond motifs is 2. The molecule has 0 spiro atoms. The van der Waals surface area contributed by atoms with Gasteiger partial charge in [0, 0.05) is 44.1 Å². The van der Waals surface area contributed by atoms with Gasteiger partial charge in [-0.25, -0.2) is 9.67 Å². The van der Waals surface area contributed by atoms with Crippen LogP contribution in [0.1, 0.15) is 57.0 Å². The second-order valence-corrected chi connectivity index (χ2v) is 8.01. The van der Waals surface area contributed by atoms with E-state index in [0.717, 1.165) is 74.4 Å². The van der Waals surface area contributed by atoms with Crippen LogP contribution in [-0.2, 0) is 19.4 Å². The minimum absolute atomic E-state index is 0. The van der Waals surface area contributed by atoms with Crippen molar-refractivity contribution in [2.24, 2.45) is 4.99 Å². The van der Waals surface area contributed by atoms with Crippen molar-refractivity contribution in [3.05, 3.63) is 41.9 Å². The summed E-state index contributed by atoms with van der Waals surface area (Å²) in [5.74, 6) is 4.23. The van der Waals surface area contributed by atoms with E-state index in [2.05, 4.69) is 56.4 Å². The van der Waals surface area contributed by atoms with E-state index in [1.54, 1.807) is 0 Å². The second-order valence-electron chi connectivity index (χ2n) is 8.01. The van der Waals surface area contributed by atoms with Gasteiger partial charge < -0.3 is 10.6 Å². The van der Waals surface area contributed by atoms with E-state index in [4.69, 9.17) is 4.99 Å². The fourth-order valence-corrected chi connectivity index (χ4v) is 3.69. The molecule has 0 bridgehead atoms. The van der Waals surface area contributed by atoms with Crippen LogP contribution < -0.4 is 10.6 Å². The minimum atomic E-state index is 0. The fourth-order valence-electron chi connectivity index (χ4n) is 3.69. The predicted molar refractivity (Wildman–Crippen MR) is 132 cm³/mol. The summed E-state index contributed by atoms with van der Waals surface area (Å²) in [7, 11) is 0. The highest BCUT2D eigenvalue weighted by Gasteiger charge is 2.23. The van der Waals surface area contributed by atoms with Crippen molar-refractivity contribution < 1.29 is 0 Å². The van der Waals surface area contributed by atoms with Gasteiger partial charge in [-0.2, -0.15) is 5.10 Å². The van der Waals surface area contributed by atoms with Gasteiger partial charge in [-0.15, -0.1) is 34.2 Å². The number of rotatable bonds is 7. The number of nitrogens with one attached hydrogen (secondary N) is 2. The molecule has 31 heavy (non-hydrogen) atoms. The van der Waals surface area contributed by atoms with Gasteiger partial charge in [0.2, 0.25) is 0 Å². The van der Waals surface area contributed by atoms with Crippen molar-refractivity contribution >= 4 is 35.6 Å². The molecule has 4 rings (SSSR count). The molecule has 2 N–H and O–H groups in total. The van der Waals surface area contributed by atoms with Gasteiger partial charge in [0.15, 0.2) is 17.4 Å². The lowest BCUT2D eigenvalue weighted by molar-refractivity contribution is 0.391. The van der Waals surface area contributed by atoms with Crippen LogP contribution in [0.25, 0.3) is 5.65 Å². The minimum Gasteiger partial charge on any atom is -0.357 e. The summed E-state index contributed by atoms with van der Waals surface area (Å²) in [5, 5.41) is 20.1. The first-order chi connectivity index (χ1) is 14.6. The summed E-state index contributed by atoms with van der Waals surface area (Å²) in [6.07, 6.45) is 5.74. The van der Waals surface area contributed by atoms with Gasteiger partial charge in [0.1, 0.15) is 11.6 Å². The van der Waals surface area contributed by atoms with Crippen LogP contribution >= 0.6 is 24.0 Å². The molecule has 10 heteroatoms. The Morgan fingerprint density at radius 3 is 2.97 bits per heavy atom. The smallest absolute Gasteiger partial charge is 0.191 e. The van der Waals surface area contributed by atoms with Crippen molar-refractivity contribution in [3.63, 3.8) is 0 Å². The Morgan fingerprint density at radius 2 is 2.16 bits per heavy atom. The Labute approximate surface area is 200 Å². The van der Waals surface area contributed by atoms with Crippen LogP contribution in [-0.4, -0.2) is 54.5 Å². The number of halogens is 1. The maximum Gasteiger partial charge on any atom is 0.191 e. The van der Waals surface area contributed by atoms with Crippen molar-refractivity contribution in [3.8, 4) is 0 Å². The lowest BCUT2D eigenvalue weighted by atomic mass is 10.1. The van der Waals surface area contributed by atoms with Crippen molar-refractivity contribution in [2.45, 2.75) is 65.0 Å². The second kappa shape index (κ2) is 10.9. The first-order valence-corrected chi connectivity index (χ1v) is 10.9.